The first-order valence-electron chi connectivity index (χ1n) is 11.4. The third-order valence-electron chi connectivity index (χ3n) is 6.28. The molecule has 8 nitrogen and oxygen atoms in total. The Labute approximate surface area is 186 Å². The quantitative estimate of drug-likeness (QED) is 0.585. The van der Waals surface area contributed by atoms with Crippen molar-refractivity contribution >= 4 is 16.8 Å². The van der Waals surface area contributed by atoms with Gasteiger partial charge in [0, 0.05) is 44.0 Å². The molecule has 2 fully saturated rings. The smallest absolute Gasteiger partial charge is 0.272 e. The zero-order chi connectivity index (χ0) is 21.8. The van der Waals surface area contributed by atoms with Gasteiger partial charge in [-0.25, -0.2) is 4.98 Å². The molecule has 168 valence electrons. The Morgan fingerprint density at radius 1 is 1.03 bits per heavy atom. The molecular formula is C24H28N4O4. The SMILES string of the molecule is O=C(c1ccc2ccccc2n1)N1CCC(OCCc2noc(C3CCOCC3)n2)CC1. The third kappa shape index (κ3) is 4.81. The summed E-state index contributed by atoms with van der Waals surface area (Å²) in [5.74, 6) is 1.71. The van der Waals surface area contributed by atoms with E-state index in [1.54, 1.807) is 0 Å². The standard InChI is InChI=1S/C24H28N4O4/c29-24(21-6-5-17-3-1-2-4-20(17)25-21)28-12-7-19(8-13-28)31-16-11-22-26-23(32-27-22)18-9-14-30-15-10-18/h1-6,18-19H,7-16H2. The van der Waals surface area contributed by atoms with Crippen molar-refractivity contribution in [3.05, 3.63) is 53.8 Å². The van der Waals surface area contributed by atoms with Gasteiger partial charge in [-0.2, -0.15) is 4.98 Å². The zero-order valence-corrected chi connectivity index (χ0v) is 18.1. The van der Waals surface area contributed by atoms with Gasteiger partial charge in [-0.3, -0.25) is 4.79 Å². The second-order valence-electron chi connectivity index (χ2n) is 8.44. The first-order chi connectivity index (χ1) is 15.8. The summed E-state index contributed by atoms with van der Waals surface area (Å²) in [6, 6.07) is 11.6. The Morgan fingerprint density at radius 3 is 2.69 bits per heavy atom. The maximum absolute atomic E-state index is 12.9. The van der Waals surface area contributed by atoms with Gasteiger partial charge in [0.25, 0.3) is 5.91 Å². The number of aromatic nitrogens is 3. The van der Waals surface area contributed by atoms with Gasteiger partial charge < -0.3 is 18.9 Å². The molecule has 0 atom stereocenters. The largest absolute Gasteiger partial charge is 0.381 e. The molecule has 0 N–H and O–H groups in total. The minimum absolute atomic E-state index is 0.0124. The number of nitrogens with zero attached hydrogens (tertiary/aromatic N) is 4. The Kier molecular flexibility index (Phi) is 6.41. The molecule has 2 aromatic heterocycles. The molecule has 8 heteroatoms. The van der Waals surface area contributed by atoms with Crippen molar-refractivity contribution in [1.82, 2.24) is 20.0 Å². The van der Waals surface area contributed by atoms with Gasteiger partial charge in [0.05, 0.1) is 18.2 Å². The van der Waals surface area contributed by atoms with E-state index in [1.165, 1.54) is 0 Å². The fourth-order valence-corrected chi connectivity index (χ4v) is 4.37. The summed E-state index contributed by atoms with van der Waals surface area (Å²) in [5, 5.41) is 5.14. The Bertz CT molecular complexity index is 1050. The van der Waals surface area contributed by atoms with Gasteiger partial charge in [0.1, 0.15) is 5.69 Å². The molecular weight excluding hydrogens is 408 g/mol. The van der Waals surface area contributed by atoms with E-state index in [4.69, 9.17) is 14.0 Å². The molecule has 5 rings (SSSR count). The van der Waals surface area contributed by atoms with Crippen molar-refractivity contribution in [1.29, 1.82) is 0 Å². The maximum atomic E-state index is 12.9. The van der Waals surface area contributed by atoms with Crippen molar-refractivity contribution in [3.63, 3.8) is 0 Å². The highest BCUT2D eigenvalue weighted by Crippen LogP contribution is 2.25. The molecule has 4 heterocycles. The number of fused-ring (bicyclic) bond motifs is 1. The lowest BCUT2D eigenvalue weighted by Crippen LogP contribution is -2.41. The number of hydrogen-bond donors (Lipinski definition) is 0. The van der Waals surface area contributed by atoms with E-state index in [1.807, 2.05) is 41.3 Å². The van der Waals surface area contributed by atoms with Crippen LogP contribution in [0.2, 0.25) is 0 Å². The van der Waals surface area contributed by atoms with Gasteiger partial charge in [-0.1, -0.05) is 29.4 Å². The van der Waals surface area contributed by atoms with E-state index in [-0.39, 0.29) is 12.0 Å². The average Bonchev–Trinajstić information content (AvgIpc) is 3.33. The van der Waals surface area contributed by atoms with Gasteiger partial charge >= 0.3 is 0 Å². The minimum atomic E-state index is -0.0124. The Balaban J connectivity index is 1.07. The molecule has 0 saturated carbocycles. The molecule has 1 aromatic carbocycles. The van der Waals surface area contributed by atoms with Crippen LogP contribution in [0.4, 0.5) is 0 Å². The number of likely N-dealkylation sites (tertiary alicyclic amines) is 1. The molecule has 0 aliphatic carbocycles. The molecule has 3 aromatic rings. The van der Waals surface area contributed by atoms with Crippen LogP contribution in [0, 0.1) is 0 Å². The number of piperidine rings is 1. The first-order valence-corrected chi connectivity index (χ1v) is 11.4. The number of carbonyl (C=O) groups excluding carboxylic acids is 1. The van der Waals surface area contributed by atoms with Crippen molar-refractivity contribution in [3.8, 4) is 0 Å². The monoisotopic (exact) mass is 436 g/mol. The van der Waals surface area contributed by atoms with Crippen LogP contribution in [-0.2, 0) is 15.9 Å². The maximum Gasteiger partial charge on any atom is 0.272 e. The summed E-state index contributed by atoms with van der Waals surface area (Å²) < 4.78 is 16.9. The normalized spacial score (nSPS) is 18.3. The number of pyridine rings is 1. The topological polar surface area (TPSA) is 90.6 Å². The van der Waals surface area contributed by atoms with E-state index < -0.39 is 0 Å². The first kappa shape index (κ1) is 21.0. The van der Waals surface area contributed by atoms with Gasteiger partial charge in [0.15, 0.2) is 5.82 Å². The number of rotatable bonds is 6. The van der Waals surface area contributed by atoms with Crippen LogP contribution >= 0.6 is 0 Å². The minimum Gasteiger partial charge on any atom is -0.381 e. The summed E-state index contributed by atoms with van der Waals surface area (Å²) in [7, 11) is 0. The van der Waals surface area contributed by atoms with Crippen molar-refractivity contribution in [2.75, 3.05) is 32.9 Å². The Hall–Kier alpha value is -2.84. The molecule has 0 bridgehead atoms. The number of carbonyl (C=O) groups is 1. The molecule has 0 radical (unpaired) electrons. The van der Waals surface area contributed by atoms with Crippen molar-refractivity contribution < 1.29 is 18.8 Å². The van der Waals surface area contributed by atoms with Crippen LogP contribution in [0.1, 0.15) is 53.8 Å². The fourth-order valence-electron chi connectivity index (χ4n) is 4.37. The third-order valence-corrected chi connectivity index (χ3v) is 6.28. The molecule has 32 heavy (non-hydrogen) atoms. The van der Waals surface area contributed by atoms with Gasteiger partial charge in [-0.15, -0.1) is 0 Å². The lowest BCUT2D eigenvalue weighted by atomic mass is 10.0. The van der Waals surface area contributed by atoms with Gasteiger partial charge in [0.2, 0.25) is 5.89 Å². The summed E-state index contributed by atoms with van der Waals surface area (Å²) in [6.45, 7) is 3.41. The number of amides is 1. The van der Waals surface area contributed by atoms with E-state index in [9.17, 15) is 4.79 Å². The molecule has 0 spiro atoms. The van der Waals surface area contributed by atoms with Crippen LogP contribution in [0.3, 0.4) is 0 Å². The van der Waals surface area contributed by atoms with E-state index in [0.717, 1.165) is 55.7 Å². The average molecular weight is 437 g/mol. The van der Waals surface area contributed by atoms with E-state index in [2.05, 4.69) is 15.1 Å². The predicted octanol–water partition coefficient (Wildman–Crippen LogP) is 3.38. The number of para-hydroxylation sites is 1. The molecule has 2 saturated heterocycles. The number of benzene rings is 1. The van der Waals surface area contributed by atoms with Crippen LogP contribution in [0.15, 0.2) is 40.9 Å². The van der Waals surface area contributed by atoms with E-state index >= 15 is 0 Å². The number of hydrogen-bond acceptors (Lipinski definition) is 7. The second kappa shape index (κ2) is 9.75. The zero-order valence-electron chi connectivity index (χ0n) is 18.1. The van der Waals surface area contributed by atoms with Crippen LogP contribution < -0.4 is 0 Å². The Morgan fingerprint density at radius 2 is 1.84 bits per heavy atom. The summed E-state index contributed by atoms with van der Waals surface area (Å²) in [5.41, 5.74) is 1.35. The molecule has 2 aliphatic heterocycles. The van der Waals surface area contributed by atoms with Crippen LogP contribution in [0.25, 0.3) is 10.9 Å². The van der Waals surface area contributed by atoms with Gasteiger partial charge in [-0.05, 0) is 37.8 Å². The number of ether oxygens (including phenoxy) is 2. The lowest BCUT2D eigenvalue weighted by Gasteiger charge is -2.31. The summed E-state index contributed by atoms with van der Waals surface area (Å²) in [6.07, 6.45) is 4.28. The van der Waals surface area contributed by atoms with Crippen molar-refractivity contribution in [2.45, 2.75) is 44.1 Å². The van der Waals surface area contributed by atoms with E-state index in [0.29, 0.717) is 43.6 Å². The highest BCUT2D eigenvalue weighted by Gasteiger charge is 2.25. The molecule has 1 amide bonds. The molecule has 0 unspecified atom stereocenters. The van der Waals surface area contributed by atoms with Crippen molar-refractivity contribution in [2.24, 2.45) is 0 Å². The highest BCUT2D eigenvalue weighted by molar-refractivity contribution is 5.94. The van der Waals surface area contributed by atoms with Crippen LogP contribution in [0.5, 0.6) is 0 Å². The lowest BCUT2D eigenvalue weighted by molar-refractivity contribution is 0.00932. The molecule has 2 aliphatic rings. The summed E-state index contributed by atoms with van der Waals surface area (Å²) >= 11 is 0. The highest BCUT2D eigenvalue weighted by atomic mass is 16.5. The summed E-state index contributed by atoms with van der Waals surface area (Å²) in [4.78, 5) is 23.8. The van der Waals surface area contributed by atoms with Crippen LogP contribution in [-0.4, -0.2) is 64.9 Å². The fraction of sp³-hybridized carbons (Fsp3) is 0.500. The predicted molar refractivity (Wildman–Crippen MR) is 117 cm³/mol. The second-order valence-corrected chi connectivity index (χ2v) is 8.44.